The zero-order valence-electron chi connectivity index (χ0n) is 21.6. The number of carbonyl (C=O) groups is 2. The summed E-state index contributed by atoms with van der Waals surface area (Å²) < 4.78 is 0. The van der Waals surface area contributed by atoms with E-state index in [1.807, 2.05) is 15.9 Å². The van der Waals surface area contributed by atoms with Gasteiger partial charge in [-0.2, -0.15) is 5.10 Å². The number of aromatic amines is 1. The van der Waals surface area contributed by atoms with E-state index < -0.39 is 5.54 Å². The van der Waals surface area contributed by atoms with Crippen molar-refractivity contribution in [1.29, 1.82) is 0 Å². The molecule has 4 aliphatic rings. The van der Waals surface area contributed by atoms with E-state index in [0.717, 1.165) is 91.8 Å². The van der Waals surface area contributed by atoms with E-state index in [1.54, 1.807) is 6.20 Å². The number of likely N-dealkylation sites (tertiary alicyclic amines) is 1. The van der Waals surface area contributed by atoms with Crippen LogP contribution in [0.3, 0.4) is 0 Å². The first-order valence-electron chi connectivity index (χ1n) is 14.0. The highest BCUT2D eigenvalue weighted by Crippen LogP contribution is 2.41. The maximum atomic E-state index is 13.8. The molecule has 3 heterocycles. The van der Waals surface area contributed by atoms with E-state index in [9.17, 15) is 9.59 Å². The molecular formula is C31H33N5O2. The van der Waals surface area contributed by atoms with Gasteiger partial charge in [-0.05, 0) is 61.3 Å². The second-order valence-electron chi connectivity index (χ2n) is 11.4. The Bertz CT molecular complexity index is 1380. The summed E-state index contributed by atoms with van der Waals surface area (Å²) in [4.78, 5) is 35.5. The predicted molar refractivity (Wildman–Crippen MR) is 146 cm³/mol. The molecule has 2 aromatic carbocycles. The van der Waals surface area contributed by atoms with E-state index in [2.05, 4.69) is 58.7 Å². The first-order chi connectivity index (χ1) is 18.6. The summed E-state index contributed by atoms with van der Waals surface area (Å²) in [5, 5.41) is 7.10. The number of nitrogens with zero attached hydrogens (tertiary/aromatic N) is 4. The van der Waals surface area contributed by atoms with Gasteiger partial charge < -0.3 is 4.90 Å². The van der Waals surface area contributed by atoms with Crippen LogP contribution < -0.4 is 0 Å². The molecule has 7 nitrogen and oxygen atoms in total. The van der Waals surface area contributed by atoms with Gasteiger partial charge in [0, 0.05) is 42.9 Å². The first-order valence-corrected chi connectivity index (χ1v) is 14.0. The van der Waals surface area contributed by atoms with Crippen molar-refractivity contribution in [2.24, 2.45) is 16.8 Å². The summed E-state index contributed by atoms with van der Waals surface area (Å²) in [6.07, 6.45) is 8.55. The molecule has 1 N–H and O–H groups in total. The molecule has 0 bridgehead atoms. The lowest BCUT2D eigenvalue weighted by Crippen LogP contribution is -2.44. The maximum Gasteiger partial charge on any atom is 0.256 e. The highest BCUT2D eigenvalue weighted by atomic mass is 16.2. The first kappa shape index (κ1) is 23.4. The van der Waals surface area contributed by atoms with Crippen LogP contribution in [0.5, 0.6) is 0 Å². The van der Waals surface area contributed by atoms with E-state index in [0.29, 0.717) is 18.4 Å². The van der Waals surface area contributed by atoms with Crippen LogP contribution in [0.2, 0.25) is 0 Å². The number of hydrogen-bond acceptors (Lipinski definition) is 4. The normalized spacial score (nSPS) is 22.5. The molecule has 0 radical (unpaired) electrons. The molecule has 1 saturated heterocycles. The minimum absolute atomic E-state index is 0.160. The smallest absolute Gasteiger partial charge is 0.256 e. The molecule has 1 spiro atoms. The molecule has 2 amide bonds. The maximum absolute atomic E-state index is 13.8. The summed E-state index contributed by atoms with van der Waals surface area (Å²) in [6.45, 7) is 2.21. The minimum Gasteiger partial charge on any atom is -0.342 e. The molecule has 38 heavy (non-hydrogen) atoms. The molecule has 3 aromatic rings. The van der Waals surface area contributed by atoms with Gasteiger partial charge in [-0.25, -0.2) is 0 Å². The van der Waals surface area contributed by atoms with Gasteiger partial charge in [0.1, 0.15) is 11.4 Å². The Morgan fingerprint density at radius 3 is 2.45 bits per heavy atom. The molecule has 2 saturated carbocycles. The number of H-pyrrole nitrogens is 1. The lowest BCUT2D eigenvalue weighted by Gasteiger charge is -2.25. The summed E-state index contributed by atoms with van der Waals surface area (Å²) >= 11 is 0. The van der Waals surface area contributed by atoms with Crippen molar-refractivity contribution in [3.63, 3.8) is 0 Å². The summed E-state index contributed by atoms with van der Waals surface area (Å²) in [7, 11) is 0. The number of amidine groups is 1. The monoisotopic (exact) mass is 507 g/mol. The van der Waals surface area contributed by atoms with Crippen LogP contribution in [-0.4, -0.2) is 62.8 Å². The summed E-state index contributed by atoms with van der Waals surface area (Å²) in [5.74, 6) is 1.83. The number of aliphatic imine (C=N–C) groups is 1. The van der Waals surface area contributed by atoms with Crippen molar-refractivity contribution in [3.8, 4) is 22.4 Å². The standard InChI is InChI=1S/C31H33N5O2/c37-29(24-10-11-24)35-17-13-21(19-35)20-36-28(33-31(30(36)38)14-1-2-15-31)23-8-6-22(7-9-23)25-4-3-5-26(18-25)27-12-16-32-34-27/h3-9,12,16,18,21,24H,1-2,10-11,13-15,17,19-20H2,(H,32,34)/t21-/m1/s1. The molecule has 194 valence electrons. The highest BCUT2D eigenvalue weighted by Gasteiger charge is 2.50. The average Bonchev–Trinajstić information content (AvgIpc) is 3.33. The van der Waals surface area contributed by atoms with Crippen LogP contribution in [0.1, 0.15) is 50.5 Å². The third-order valence-corrected chi connectivity index (χ3v) is 8.77. The molecule has 1 aromatic heterocycles. The number of carbonyl (C=O) groups excluding carboxylic acids is 2. The number of nitrogens with one attached hydrogen (secondary N) is 1. The van der Waals surface area contributed by atoms with Crippen LogP contribution in [0.15, 0.2) is 65.8 Å². The molecule has 3 fully saturated rings. The second-order valence-corrected chi connectivity index (χ2v) is 11.4. The van der Waals surface area contributed by atoms with Crippen LogP contribution in [0.25, 0.3) is 22.4 Å². The van der Waals surface area contributed by atoms with Crippen molar-refractivity contribution < 1.29 is 9.59 Å². The molecule has 7 heteroatoms. The second kappa shape index (κ2) is 9.22. The largest absolute Gasteiger partial charge is 0.342 e. The highest BCUT2D eigenvalue weighted by molar-refractivity contribution is 6.15. The fraction of sp³-hybridized carbons (Fsp3) is 0.419. The van der Waals surface area contributed by atoms with Gasteiger partial charge in [0.15, 0.2) is 0 Å². The minimum atomic E-state index is -0.589. The Morgan fingerprint density at radius 1 is 0.947 bits per heavy atom. The van der Waals surface area contributed by atoms with Crippen LogP contribution in [0, 0.1) is 11.8 Å². The molecule has 7 rings (SSSR count). The van der Waals surface area contributed by atoms with Crippen molar-refractivity contribution in [2.45, 2.75) is 50.5 Å². The molecule has 2 aliphatic heterocycles. The van der Waals surface area contributed by atoms with Crippen molar-refractivity contribution >= 4 is 17.6 Å². The van der Waals surface area contributed by atoms with Crippen LogP contribution in [0.4, 0.5) is 0 Å². The van der Waals surface area contributed by atoms with Crippen LogP contribution >= 0.6 is 0 Å². The van der Waals surface area contributed by atoms with Gasteiger partial charge in [-0.1, -0.05) is 55.3 Å². The average molecular weight is 508 g/mol. The van der Waals surface area contributed by atoms with Gasteiger partial charge in [0.2, 0.25) is 5.91 Å². The van der Waals surface area contributed by atoms with E-state index in [-0.39, 0.29) is 11.8 Å². The third kappa shape index (κ3) is 4.14. The third-order valence-electron chi connectivity index (χ3n) is 8.77. The number of benzene rings is 2. The molecule has 1 atom stereocenters. The zero-order valence-corrected chi connectivity index (χ0v) is 21.6. The Labute approximate surface area is 222 Å². The Morgan fingerprint density at radius 2 is 1.71 bits per heavy atom. The fourth-order valence-electron chi connectivity index (χ4n) is 6.46. The lowest BCUT2D eigenvalue weighted by molar-refractivity contribution is -0.131. The number of rotatable bonds is 6. The molecule has 0 unspecified atom stereocenters. The fourth-order valence-corrected chi connectivity index (χ4v) is 6.46. The Hall–Kier alpha value is -3.74. The van der Waals surface area contributed by atoms with Crippen molar-refractivity contribution in [3.05, 3.63) is 66.4 Å². The SMILES string of the molecule is O=C(C1CC1)N1CC[C@@H](CN2C(=O)C3(CCCC3)N=C2c2ccc(-c3cccc(-c4ccn[nH]4)c3)cc2)C1. The zero-order chi connectivity index (χ0) is 25.7. The number of aromatic nitrogens is 2. The summed E-state index contributed by atoms with van der Waals surface area (Å²) in [6, 6.07) is 18.8. The van der Waals surface area contributed by atoms with E-state index in [1.165, 1.54) is 0 Å². The van der Waals surface area contributed by atoms with Gasteiger partial charge in [0.05, 0.1) is 5.69 Å². The van der Waals surface area contributed by atoms with Gasteiger partial charge in [-0.15, -0.1) is 0 Å². The number of amides is 2. The quantitative estimate of drug-likeness (QED) is 0.515. The lowest BCUT2D eigenvalue weighted by atomic mass is 9.97. The van der Waals surface area contributed by atoms with Crippen molar-refractivity contribution in [1.82, 2.24) is 20.0 Å². The number of hydrogen-bond donors (Lipinski definition) is 1. The summed E-state index contributed by atoms with van der Waals surface area (Å²) in [5.41, 5.74) is 4.73. The van der Waals surface area contributed by atoms with Gasteiger partial charge >= 0.3 is 0 Å². The Kier molecular flexibility index (Phi) is 5.68. The predicted octanol–water partition coefficient (Wildman–Crippen LogP) is 4.90. The van der Waals surface area contributed by atoms with E-state index >= 15 is 0 Å². The van der Waals surface area contributed by atoms with E-state index in [4.69, 9.17) is 4.99 Å². The van der Waals surface area contributed by atoms with Gasteiger partial charge in [0.25, 0.3) is 5.91 Å². The molecule has 2 aliphatic carbocycles. The van der Waals surface area contributed by atoms with Crippen molar-refractivity contribution in [2.75, 3.05) is 19.6 Å². The van der Waals surface area contributed by atoms with Crippen LogP contribution in [-0.2, 0) is 9.59 Å². The molecular weight excluding hydrogens is 474 g/mol. The topological polar surface area (TPSA) is 81.7 Å². The Balaban J connectivity index is 1.14. The van der Waals surface area contributed by atoms with Gasteiger partial charge in [-0.3, -0.25) is 24.6 Å².